The maximum absolute atomic E-state index is 6.47. The van der Waals surface area contributed by atoms with Gasteiger partial charge in [-0.25, -0.2) is 0 Å². The van der Waals surface area contributed by atoms with E-state index in [1.165, 1.54) is 16.7 Å². The van der Waals surface area contributed by atoms with Crippen molar-refractivity contribution in [1.29, 1.82) is 0 Å². The number of nitrogens with zero attached hydrogens (tertiary/aromatic N) is 1. The molecule has 1 aliphatic heterocycles. The highest BCUT2D eigenvalue weighted by Gasteiger charge is 2.48. The molecule has 3 rings (SSSR count). The summed E-state index contributed by atoms with van der Waals surface area (Å²) in [5.41, 5.74) is 3.50. The molecule has 2 aromatic carbocycles. The van der Waals surface area contributed by atoms with E-state index < -0.39 is 0 Å². The van der Waals surface area contributed by atoms with Gasteiger partial charge in [-0.15, -0.1) is 0 Å². The van der Waals surface area contributed by atoms with Crippen LogP contribution < -0.4 is 0 Å². The largest absolute Gasteiger partial charge is 0.359 e. The summed E-state index contributed by atoms with van der Waals surface area (Å²) in [4.78, 5) is 2.29. The van der Waals surface area contributed by atoms with Gasteiger partial charge >= 0.3 is 0 Å². The van der Waals surface area contributed by atoms with Gasteiger partial charge in [-0.3, -0.25) is 0 Å². The van der Waals surface area contributed by atoms with Crippen LogP contribution in [0.2, 0.25) is 0 Å². The molecule has 0 fully saturated rings. The van der Waals surface area contributed by atoms with Crippen LogP contribution in [-0.4, -0.2) is 25.0 Å². The first-order valence-electron chi connectivity index (χ1n) is 7.64. The van der Waals surface area contributed by atoms with Crippen molar-refractivity contribution in [2.24, 2.45) is 0 Å². The van der Waals surface area contributed by atoms with Crippen LogP contribution in [-0.2, 0) is 16.9 Å². The third kappa shape index (κ3) is 2.19. The number of rotatable bonds is 4. The van der Waals surface area contributed by atoms with Crippen molar-refractivity contribution in [3.63, 3.8) is 0 Å². The van der Waals surface area contributed by atoms with Gasteiger partial charge in [0.1, 0.15) is 5.60 Å². The molecular weight excluding hydrogens is 258 g/mol. The lowest BCUT2D eigenvalue weighted by atomic mass is 9.78. The van der Waals surface area contributed by atoms with Gasteiger partial charge in [-0.05, 0) is 37.2 Å². The Bertz CT molecular complexity index is 608. The van der Waals surface area contributed by atoms with Crippen LogP contribution in [0.15, 0.2) is 54.6 Å². The molecule has 21 heavy (non-hydrogen) atoms. The molecule has 2 nitrogen and oxygen atoms in total. The Morgan fingerprint density at radius 1 is 1.05 bits per heavy atom. The number of benzene rings is 2. The number of hydrogen-bond donors (Lipinski definition) is 0. The number of hydrogen-bond acceptors (Lipinski definition) is 2. The molecule has 2 atom stereocenters. The molecule has 1 heterocycles. The molecule has 0 saturated heterocycles. The first-order chi connectivity index (χ1) is 10.2. The molecule has 2 unspecified atom stereocenters. The maximum Gasteiger partial charge on any atom is 0.134 e. The monoisotopic (exact) mass is 281 g/mol. The molecule has 0 aliphatic carbocycles. The van der Waals surface area contributed by atoms with Gasteiger partial charge in [0.25, 0.3) is 0 Å². The van der Waals surface area contributed by atoms with Crippen LogP contribution in [0, 0.1) is 0 Å². The molecule has 0 spiro atoms. The first-order valence-corrected chi connectivity index (χ1v) is 7.64. The molecule has 1 aliphatic rings. The Balaban J connectivity index is 2.23. The topological polar surface area (TPSA) is 12.5 Å². The quantitative estimate of drug-likeness (QED) is 0.845. The summed E-state index contributed by atoms with van der Waals surface area (Å²) in [5.74, 6) is 0. The smallest absolute Gasteiger partial charge is 0.134 e. The van der Waals surface area contributed by atoms with Gasteiger partial charge in [0.2, 0.25) is 0 Å². The lowest BCUT2D eigenvalue weighted by Crippen LogP contribution is -2.48. The van der Waals surface area contributed by atoms with E-state index in [4.69, 9.17) is 4.74 Å². The van der Waals surface area contributed by atoms with E-state index in [-0.39, 0.29) is 5.60 Å². The van der Waals surface area contributed by atoms with Crippen molar-refractivity contribution in [3.05, 3.63) is 71.3 Å². The highest BCUT2D eigenvalue weighted by Crippen LogP contribution is 2.46. The average molecular weight is 281 g/mol. The lowest BCUT2D eigenvalue weighted by molar-refractivity contribution is -0.0610. The fraction of sp³-hybridized carbons (Fsp3) is 0.368. The van der Waals surface area contributed by atoms with Crippen LogP contribution in [0.5, 0.6) is 0 Å². The normalized spacial score (nSPS) is 22.3. The molecule has 0 N–H and O–H groups in total. The van der Waals surface area contributed by atoms with E-state index >= 15 is 0 Å². The van der Waals surface area contributed by atoms with Crippen LogP contribution in [0.4, 0.5) is 0 Å². The van der Waals surface area contributed by atoms with Crippen molar-refractivity contribution < 1.29 is 4.74 Å². The molecule has 110 valence electrons. The van der Waals surface area contributed by atoms with Crippen LogP contribution in [0.1, 0.15) is 30.0 Å². The van der Waals surface area contributed by atoms with Crippen molar-refractivity contribution in [2.75, 3.05) is 14.1 Å². The molecule has 0 saturated carbocycles. The molecule has 0 bridgehead atoms. The standard InChI is InChI=1S/C19H23NO/c1-4-18(20(2)3)19(16-11-6-5-7-12-16)17-13-9-8-10-15(17)14-21-19/h5-13,18H,4,14H2,1-3H3. The molecule has 2 aromatic rings. The molecule has 0 amide bonds. The van der Waals surface area contributed by atoms with Crippen molar-refractivity contribution in [2.45, 2.75) is 31.6 Å². The van der Waals surface area contributed by atoms with Gasteiger partial charge < -0.3 is 9.64 Å². The van der Waals surface area contributed by atoms with E-state index in [0.717, 1.165) is 6.42 Å². The Kier molecular flexibility index (Phi) is 3.83. The van der Waals surface area contributed by atoms with Crippen molar-refractivity contribution in [1.82, 2.24) is 4.90 Å². The summed E-state index contributed by atoms with van der Waals surface area (Å²) in [6.45, 7) is 2.93. The van der Waals surface area contributed by atoms with Gasteiger partial charge in [0.05, 0.1) is 6.61 Å². The predicted octanol–water partition coefficient (Wildman–Crippen LogP) is 3.80. The minimum Gasteiger partial charge on any atom is -0.359 e. The van der Waals surface area contributed by atoms with Gasteiger partial charge in [-0.1, -0.05) is 61.5 Å². The zero-order valence-corrected chi connectivity index (χ0v) is 13.0. The Morgan fingerprint density at radius 3 is 2.38 bits per heavy atom. The predicted molar refractivity (Wildman–Crippen MR) is 86.2 cm³/mol. The highest BCUT2D eigenvalue weighted by molar-refractivity contribution is 5.45. The lowest BCUT2D eigenvalue weighted by Gasteiger charge is -2.41. The second-order valence-electron chi connectivity index (χ2n) is 5.94. The van der Waals surface area contributed by atoms with Gasteiger partial charge in [0, 0.05) is 6.04 Å². The molecule has 0 radical (unpaired) electrons. The van der Waals surface area contributed by atoms with Crippen molar-refractivity contribution in [3.8, 4) is 0 Å². The summed E-state index contributed by atoms with van der Waals surface area (Å²) < 4.78 is 6.47. The summed E-state index contributed by atoms with van der Waals surface area (Å²) in [5, 5.41) is 0. The fourth-order valence-electron chi connectivity index (χ4n) is 3.69. The van der Waals surface area contributed by atoms with E-state index in [1.54, 1.807) is 0 Å². The Morgan fingerprint density at radius 2 is 1.71 bits per heavy atom. The third-order valence-corrected chi connectivity index (χ3v) is 4.55. The second-order valence-corrected chi connectivity index (χ2v) is 5.94. The molecular formula is C19H23NO. The number of likely N-dealkylation sites (N-methyl/N-ethyl adjacent to an activating group) is 1. The fourth-order valence-corrected chi connectivity index (χ4v) is 3.69. The van der Waals surface area contributed by atoms with Crippen LogP contribution in [0.3, 0.4) is 0 Å². The SMILES string of the molecule is CCC(N(C)C)C1(c2ccccc2)OCc2ccccc21. The minimum absolute atomic E-state index is 0.309. The van der Waals surface area contributed by atoms with Crippen LogP contribution in [0.25, 0.3) is 0 Å². The molecule has 0 aromatic heterocycles. The summed E-state index contributed by atoms with van der Waals surface area (Å²) in [7, 11) is 4.28. The Labute approximate surface area is 127 Å². The van der Waals surface area contributed by atoms with Crippen LogP contribution >= 0.6 is 0 Å². The average Bonchev–Trinajstić information content (AvgIpc) is 2.89. The third-order valence-electron chi connectivity index (χ3n) is 4.55. The zero-order chi connectivity index (χ0) is 14.9. The van der Waals surface area contributed by atoms with E-state index in [1.807, 2.05) is 0 Å². The summed E-state index contributed by atoms with van der Waals surface area (Å²) in [6.07, 6.45) is 1.04. The van der Waals surface area contributed by atoms with Gasteiger partial charge in [0.15, 0.2) is 0 Å². The summed E-state index contributed by atoms with van der Waals surface area (Å²) in [6, 6.07) is 19.6. The minimum atomic E-state index is -0.365. The van der Waals surface area contributed by atoms with Crippen molar-refractivity contribution >= 4 is 0 Å². The Hall–Kier alpha value is -1.64. The first kappa shape index (κ1) is 14.3. The highest BCUT2D eigenvalue weighted by atomic mass is 16.5. The van der Waals surface area contributed by atoms with E-state index in [9.17, 15) is 0 Å². The molecule has 2 heteroatoms. The second kappa shape index (κ2) is 5.63. The summed E-state index contributed by atoms with van der Waals surface area (Å²) >= 11 is 0. The van der Waals surface area contributed by atoms with E-state index in [2.05, 4.69) is 80.5 Å². The zero-order valence-electron chi connectivity index (χ0n) is 13.0. The maximum atomic E-state index is 6.47. The number of ether oxygens (including phenoxy) is 1. The number of fused-ring (bicyclic) bond motifs is 1. The van der Waals surface area contributed by atoms with Gasteiger partial charge in [-0.2, -0.15) is 0 Å². The van der Waals surface area contributed by atoms with E-state index in [0.29, 0.717) is 12.6 Å².